The van der Waals surface area contributed by atoms with E-state index >= 15 is 0 Å². The molecule has 0 spiro atoms. The van der Waals surface area contributed by atoms with Crippen LogP contribution in [0.25, 0.3) is 0 Å². The van der Waals surface area contributed by atoms with Gasteiger partial charge in [0.15, 0.2) is 16.9 Å². The lowest BCUT2D eigenvalue weighted by atomic mass is 10.2. The smallest absolute Gasteiger partial charge is 0.358 e. The van der Waals surface area contributed by atoms with Gasteiger partial charge in [0.1, 0.15) is 0 Å². The minimum atomic E-state index is -1.07. The molecule has 1 amide bonds. The second kappa shape index (κ2) is 8.72. The number of rotatable bonds is 8. The second-order valence-corrected chi connectivity index (χ2v) is 5.91. The quantitative estimate of drug-likeness (QED) is 0.314. The molecule has 1 atom stereocenters. The summed E-state index contributed by atoms with van der Waals surface area (Å²) in [4.78, 5) is 38.2. The summed E-state index contributed by atoms with van der Waals surface area (Å²) in [5, 5.41) is 18.1. The number of carbonyl (C=O) groups is 2. The summed E-state index contributed by atoms with van der Waals surface area (Å²) >= 11 is 1.23. The van der Waals surface area contributed by atoms with Crippen LogP contribution in [-0.4, -0.2) is 34.4 Å². The molecule has 0 aliphatic heterocycles. The fraction of sp³-hybridized carbons (Fsp3) is 0.188. The third kappa shape index (κ3) is 5.11. The van der Waals surface area contributed by atoms with Crippen molar-refractivity contribution in [2.75, 3.05) is 17.2 Å². The number of ether oxygens (including phenoxy) is 1. The third-order valence-corrected chi connectivity index (χ3v) is 3.91. The molecular formula is C16H16N4O5S. The van der Waals surface area contributed by atoms with E-state index in [0.717, 1.165) is 0 Å². The van der Waals surface area contributed by atoms with Crippen LogP contribution in [0.3, 0.4) is 0 Å². The number of amides is 1. The molecule has 2 N–H and O–H groups in total. The summed E-state index contributed by atoms with van der Waals surface area (Å²) in [7, 11) is 0. The van der Waals surface area contributed by atoms with Gasteiger partial charge in [0.2, 0.25) is 0 Å². The number of thiazole rings is 1. The van der Waals surface area contributed by atoms with Crippen LogP contribution >= 0.6 is 11.3 Å². The second-order valence-electron chi connectivity index (χ2n) is 5.05. The zero-order valence-corrected chi connectivity index (χ0v) is 14.6. The van der Waals surface area contributed by atoms with E-state index in [2.05, 4.69) is 22.2 Å². The molecule has 1 heterocycles. The van der Waals surface area contributed by atoms with Crippen LogP contribution < -0.4 is 10.6 Å². The number of non-ortho nitro benzene ring substituents is 1. The molecule has 0 unspecified atom stereocenters. The molecule has 0 aliphatic rings. The summed E-state index contributed by atoms with van der Waals surface area (Å²) in [6.45, 7) is 5.50. The number of nitrogens with one attached hydrogen (secondary N) is 2. The Morgan fingerprint density at radius 1 is 1.42 bits per heavy atom. The Morgan fingerprint density at radius 3 is 2.73 bits per heavy atom. The molecule has 0 radical (unpaired) electrons. The summed E-state index contributed by atoms with van der Waals surface area (Å²) in [6.07, 6.45) is 0.591. The third-order valence-electron chi connectivity index (χ3n) is 3.11. The van der Waals surface area contributed by atoms with Gasteiger partial charge in [0.25, 0.3) is 11.6 Å². The van der Waals surface area contributed by atoms with Crippen molar-refractivity contribution in [2.24, 2.45) is 0 Å². The maximum Gasteiger partial charge on any atom is 0.358 e. The standard InChI is InChI=1S/C16H16N4O5S/c1-3-8-17-16-19-13(9-26-16)15(22)25-10(2)14(21)18-11-4-6-12(7-5-11)20(23)24/h3-7,9-10H,1,8H2,2H3,(H,17,19)(H,18,21)/t10-/m1/s1. The maximum atomic E-state index is 12.1. The Bertz CT molecular complexity index is 818. The first-order valence-corrected chi connectivity index (χ1v) is 8.35. The van der Waals surface area contributed by atoms with Crippen molar-refractivity contribution >= 4 is 39.7 Å². The number of hydrogen-bond donors (Lipinski definition) is 2. The van der Waals surface area contributed by atoms with Crippen LogP contribution in [0.2, 0.25) is 0 Å². The molecule has 136 valence electrons. The van der Waals surface area contributed by atoms with Crippen molar-refractivity contribution in [2.45, 2.75) is 13.0 Å². The first kappa shape index (κ1) is 19.1. The fourth-order valence-electron chi connectivity index (χ4n) is 1.79. The van der Waals surface area contributed by atoms with Gasteiger partial charge in [0.05, 0.1) is 4.92 Å². The SMILES string of the molecule is C=CCNc1nc(C(=O)O[C@H](C)C(=O)Nc2ccc([N+](=O)[O-])cc2)cs1. The van der Waals surface area contributed by atoms with Crippen LogP contribution in [0, 0.1) is 10.1 Å². The van der Waals surface area contributed by atoms with Gasteiger partial charge in [0, 0.05) is 29.7 Å². The predicted octanol–water partition coefficient (Wildman–Crippen LogP) is 2.83. The first-order valence-electron chi connectivity index (χ1n) is 7.47. The lowest BCUT2D eigenvalue weighted by Gasteiger charge is -2.12. The van der Waals surface area contributed by atoms with Crippen molar-refractivity contribution in [1.29, 1.82) is 0 Å². The number of hydrogen-bond acceptors (Lipinski definition) is 8. The van der Waals surface area contributed by atoms with Gasteiger partial charge in [-0.3, -0.25) is 14.9 Å². The van der Waals surface area contributed by atoms with Crippen molar-refractivity contribution < 1.29 is 19.2 Å². The van der Waals surface area contributed by atoms with Crippen LogP contribution in [-0.2, 0) is 9.53 Å². The summed E-state index contributed by atoms with van der Waals surface area (Å²) in [5.41, 5.74) is 0.358. The van der Waals surface area contributed by atoms with E-state index in [1.165, 1.54) is 47.9 Å². The highest BCUT2D eigenvalue weighted by Crippen LogP contribution is 2.18. The summed E-state index contributed by atoms with van der Waals surface area (Å²) in [6, 6.07) is 5.31. The molecule has 0 bridgehead atoms. The molecule has 2 aromatic rings. The topological polar surface area (TPSA) is 123 Å². The number of nitro groups is 1. The lowest BCUT2D eigenvalue weighted by molar-refractivity contribution is -0.384. The van der Waals surface area contributed by atoms with Gasteiger partial charge < -0.3 is 15.4 Å². The zero-order valence-electron chi connectivity index (χ0n) is 13.8. The molecule has 10 heteroatoms. The minimum Gasteiger partial charge on any atom is -0.448 e. The van der Waals surface area contributed by atoms with Crippen LogP contribution in [0.4, 0.5) is 16.5 Å². The lowest BCUT2D eigenvalue weighted by Crippen LogP contribution is -2.30. The van der Waals surface area contributed by atoms with Crippen LogP contribution in [0.5, 0.6) is 0 Å². The molecule has 0 saturated heterocycles. The van der Waals surface area contributed by atoms with Gasteiger partial charge in [-0.1, -0.05) is 6.08 Å². The van der Waals surface area contributed by atoms with Crippen molar-refractivity contribution in [3.05, 3.63) is 58.1 Å². The number of nitro benzene ring substituents is 1. The number of carbonyl (C=O) groups excluding carboxylic acids is 2. The Labute approximate surface area is 152 Å². The Kier molecular flexibility index (Phi) is 6.39. The zero-order chi connectivity index (χ0) is 19.1. The average Bonchev–Trinajstić information content (AvgIpc) is 3.09. The molecule has 0 saturated carbocycles. The van der Waals surface area contributed by atoms with Gasteiger partial charge >= 0.3 is 5.97 Å². The predicted molar refractivity (Wildman–Crippen MR) is 97.4 cm³/mol. The number of esters is 1. The molecule has 1 aromatic carbocycles. The Hall–Kier alpha value is -3.27. The van der Waals surface area contributed by atoms with Gasteiger partial charge in [-0.15, -0.1) is 17.9 Å². The molecule has 0 aliphatic carbocycles. The highest BCUT2D eigenvalue weighted by atomic mass is 32.1. The van der Waals surface area contributed by atoms with Crippen molar-refractivity contribution in [3.63, 3.8) is 0 Å². The van der Waals surface area contributed by atoms with Crippen LogP contribution in [0.15, 0.2) is 42.3 Å². The van der Waals surface area contributed by atoms with E-state index in [1.807, 2.05) is 0 Å². The van der Waals surface area contributed by atoms with Crippen molar-refractivity contribution in [3.8, 4) is 0 Å². The fourth-order valence-corrected chi connectivity index (χ4v) is 2.48. The maximum absolute atomic E-state index is 12.1. The Balaban J connectivity index is 1.91. The van der Waals surface area contributed by atoms with Gasteiger partial charge in [-0.25, -0.2) is 9.78 Å². The molecule has 2 rings (SSSR count). The van der Waals surface area contributed by atoms with E-state index < -0.39 is 22.9 Å². The van der Waals surface area contributed by atoms with E-state index in [0.29, 0.717) is 17.4 Å². The van der Waals surface area contributed by atoms with Gasteiger partial charge in [-0.2, -0.15) is 0 Å². The number of anilines is 2. The Morgan fingerprint density at radius 2 is 2.12 bits per heavy atom. The number of nitrogens with zero attached hydrogens (tertiary/aromatic N) is 2. The van der Waals surface area contributed by atoms with Crippen molar-refractivity contribution in [1.82, 2.24) is 4.98 Å². The van der Waals surface area contributed by atoms with Crippen LogP contribution in [0.1, 0.15) is 17.4 Å². The monoisotopic (exact) mass is 376 g/mol. The minimum absolute atomic E-state index is 0.0909. The molecule has 26 heavy (non-hydrogen) atoms. The van der Waals surface area contributed by atoms with E-state index in [1.54, 1.807) is 6.08 Å². The average molecular weight is 376 g/mol. The number of aromatic nitrogens is 1. The molecule has 0 fully saturated rings. The molecular weight excluding hydrogens is 360 g/mol. The van der Waals surface area contributed by atoms with E-state index in [-0.39, 0.29) is 11.4 Å². The molecule has 1 aromatic heterocycles. The highest BCUT2D eigenvalue weighted by molar-refractivity contribution is 7.13. The first-order chi connectivity index (χ1) is 12.4. The number of benzene rings is 1. The molecule has 9 nitrogen and oxygen atoms in total. The summed E-state index contributed by atoms with van der Waals surface area (Å²) < 4.78 is 5.09. The summed E-state index contributed by atoms with van der Waals surface area (Å²) in [5.74, 6) is -1.29. The van der Waals surface area contributed by atoms with E-state index in [9.17, 15) is 19.7 Å². The largest absolute Gasteiger partial charge is 0.448 e. The normalized spacial score (nSPS) is 11.3. The van der Waals surface area contributed by atoms with E-state index in [4.69, 9.17) is 4.74 Å². The highest BCUT2D eigenvalue weighted by Gasteiger charge is 2.21. The van der Waals surface area contributed by atoms with Gasteiger partial charge in [-0.05, 0) is 19.1 Å².